The van der Waals surface area contributed by atoms with E-state index in [0.717, 1.165) is 48.1 Å². The number of carbonyl (C=O) groups excluding carboxylic acids is 1. The summed E-state index contributed by atoms with van der Waals surface area (Å²) in [5.41, 5.74) is 3.66. The van der Waals surface area contributed by atoms with Gasteiger partial charge in [0.25, 0.3) is 0 Å². The molecular weight excluding hydrogens is 486 g/mol. The van der Waals surface area contributed by atoms with Crippen molar-refractivity contribution >= 4 is 35.2 Å². The molecule has 4 rings (SSSR count). The van der Waals surface area contributed by atoms with Crippen molar-refractivity contribution in [2.45, 2.75) is 63.5 Å². The van der Waals surface area contributed by atoms with Gasteiger partial charge in [-0.25, -0.2) is 0 Å². The van der Waals surface area contributed by atoms with Gasteiger partial charge < -0.3 is 9.30 Å². The normalized spacial score (nSPS) is 22.8. The summed E-state index contributed by atoms with van der Waals surface area (Å²) in [7, 11) is 3.20. The van der Waals surface area contributed by atoms with Gasteiger partial charge in [0.15, 0.2) is 0 Å². The van der Waals surface area contributed by atoms with Crippen molar-refractivity contribution < 1.29 is 22.7 Å². The van der Waals surface area contributed by atoms with Crippen LogP contribution in [0.2, 0.25) is 10.0 Å². The van der Waals surface area contributed by atoms with Gasteiger partial charge in [-0.2, -0.15) is 13.2 Å². The molecule has 2 aromatic rings. The lowest BCUT2D eigenvalue weighted by molar-refractivity contribution is -0.146. The molecule has 0 radical (unpaired) electrons. The molecule has 0 bridgehead atoms. The molecule has 34 heavy (non-hydrogen) atoms. The fourth-order valence-corrected chi connectivity index (χ4v) is 6.04. The third-order valence-corrected chi connectivity index (χ3v) is 8.22. The first-order valence-electron chi connectivity index (χ1n) is 11.5. The molecule has 0 N–H and O–H groups in total. The van der Waals surface area contributed by atoms with Crippen LogP contribution in [0.25, 0.3) is 6.08 Å². The van der Waals surface area contributed by atoms with E-state index in [1.54, 1.807) is 7.05 Å². The molecule has 3 nitrogen and oxygen atoms in total. The van der Waals surface area contributed by atoms with E-state index in [1.165, 1.54) is 13.2 Å². The molecule has 0 spiro atoms. The highest BCUT2D eigenvalue weighted by molar-refractivity contribution is 6.36. The zero-order chi connectivity index (χ0) is 24.8. The number of carbonyl (C=O) groups is 1. The van der Waals surface area contributed by atoms with Crippen LogP contribution in [0.1, 0.15) is 78.9 Å². The van der Waals surface area contributed by atoms with E-state index in [9.17, 15) is 18.0 Å². The second kappa shape index (κ2) is 9.62. The first-order chi connectivity index (χ1) is 16.0. The van der Waals surface area contributed by atoms with Crippen LogP contribution in [0.15, 0.2) is 23.8 Å². The minimum absolute atomic E-state index is 0.0226. The topological polar surface area (TPSA) is 31.2 Å². The molecule has 2 aliphatic carbocycles. The number of nitrogens with zero attached hydrogens (tertiary/aromatic N) is 1. The van der Waals surface area contributed by atoms with Gasteiger partial charge in [0.05, 0.1) is 13.0 Å². The predicted molar refractivity (Wildman–Crippen MR) is 128 cm³/mol. The Balaban J connectivity index is 1.62. The monoisotopic (exact) mass is 513 g/mol. The van der Waals surface area contributed by atoms with Crippen molar-refractivity contribution in [2.75, 3.05) is 7.11 Å². The molecule has 1 unspecified atom stereocenters. The lowest BCUT2D eigenvalue weighted by atomic mass is 9.78. The van der Waals surface area contributed by atoms with Crippen molar-refractivity contribution in [1.82, 2.24) is 4.57 Å². The first kappa shape index (κ1) is 25.2. The van der Waals surface area contributed by atoms with Gasteiger partial charge in [0.1, 0.15) is 0 Å². The van der Waals surface area contributed by atoms with Gasteiger partial charge >= 0.3 is 12.1 Å². The van der Waals surface area contributed by atoms with Crippen LogP contribution in [0.3, 0.4) is 0 Å². The van der Waals surface area contributed by atoms with Crippen molar-refractivity contribution in [3.63, 3.8) is 0 Å². The van der Waals surface area contributed by atoms with E-state index < -0.39 is 11.7 Å². The molecule has 1 fully saturated rings. The Morgan fingerprint density at radius 1 is 1.15 bits per heavy atom. The maximum Gasteiger partial charge on any atom is 0.412 e. The molecule has 1 atom stereocenters. The van der Waals surface area contributed by atoms with Crippen molar-refractivity contribution in [1.29, 1.82) is 0 Å². The second-order valence-electron chi connectivity index (χ2n) is 9.49. The average molecular weight is 514 g/mol. The number of ether oxygens (including phenoxy) is 1. The number of hydrogen-bond acceptors (Lipinski definition) is 2. The molecule has 2 aliphatic rings. The molecule has 1 saturated carbocycles. The van der Waals surface area contributed by atoms with Gasteiger partial charge in [-0.3, -0.25) is 4.79 Å². The van der Waals surface area contributed by atoms with E-state index in [4.69, 9.17) is 27.9 Å². The predicted octanol–water partition coefficient (Wildman–Crippen LogP) is 7.82. The van der Waals surface area contributed by atoms with Crippen LogP contribution >= 0.6 is 23.2 Å². The molecule has 0 aliphatic heterocycles. The summed E-state index contributed by atoms with van der Waals surface area (Å²) in [6.07, 6.45) is 0.509. The number of aromatic nitrogens is 1. The Labute approximate surface area is 207 Å². The van der Waals surface area contributed by atoms with Gasteiger partial charge in [0, 0.05) is 40.5 Å². The Morgan fingerprint density at radius 3 is 2.44 bits per heavy atom. The lowest BCUT2D eigenvalue weighted by Gasteiger charge is -2.28. The molecule has 1 aromatic carbocycles. The molecule has 0 saturated heterocycles. The summed E-state index contributed by atoms with van der Waals surface area (Å²) in [6, 6.07) is 5.77. The fraction of sp³-hybridized carbons (Fsp3) is 0.500. The highest BCUT2D eigenvalue weighted by Gasteiger charge is 2.38. The zero-order valence-corrected chi connectivity index (χ0v) is 20.9. The fourth-order valence-electron chi connectivity index (χ4n) is 5.39. The Kier molecular flexibility index (Phi) is 7.12. The maximum absolute atomic E-state index is 13.4. The van der Waals surface area contributed by atoms with Crippen molar-refractivity contribution in [3.05, 3.63) is 61.9 Å². The summed E-state index contributed by atoms with van der Waals surface area (Å²) < 4.78 is 46.8. The molecule has 8 heteroatoms. The van der Waals surface area contributed by atoms with E-state index in [-0.39, 0.29) is 30.1 Å². The third kappa shape index (κ3) is 4.76. The second-order valence-corrected chi connectivity index (χ2v) is 10.3. The largest absolute Gasteiger partial charge is 0.469 e. The van der Waals surface area contributed by atoms with Gasteiger partial charge in [0.2, 0.25) is 0 Å². The quantitative estimate of drug-likeness (QED) is 0.390. The van der Waals surface area contributed by atoms with Crippen LogP contribution in [0.5, 0.6) is 0 Å². The number of halogens is 5. The van der Waals surface area contributed by atoms with Crippen LogP contribution in [-0.4, -0.2) is 23.8 Å². The van der Waals surface area contributed by atoms with Crippen LogP contribution in [-0.2, 0) is 23.0 Å². The summed E-state index contributed by atoms with van der Waals surface area (Å²) in [5.74, 6) is -0.230. The summed E-state index contributed by atoms with van der Waals surface area (Å²) in [6.45, 7) is 1.83. The number of esters is 1. The Hall–Kier alpha value is -1.92. The highest BCUT2D eigenvalue weighted by atomic mass is 35.5. The van der Waals surface area contributed by atoms with Crippen molar-refractivity contribution in [3.8, 4) is 0 Å². The molecule has 0 amide bonds. The molecule has 1 aromatic heterocycles. The lowest BCUT2D eigenvalue weighted by Crippen LogP contribution is -2.22. The van der Waals surface area contributed by atoms with Gasteiger partial charge in [-0.1, -0.05) is 36.2 Å². The number of methoxy groups -OCH3 is 1. The van der Waals surface area contributed by atoms with Crippen molar-refractivity contribution in [2.24, 2.45) is 13.0 Å². The van der Waals surface area contributed by atoms with E-state index >= 15 is 0 Å². The maximum atomic E-state index is 13.4. The van der Waals surface area contributed by atoms with Crippen LogP contribution in [0, 0.1) is 5.92 Å². The standard InChI is InChI=1S/C26H28Cl2F3NO2/c1-14-10-17(26(29,30)31)11-23-20(14)12-18(32(23)2)13-21-22(27)9-8-19(24(21)28)15-4-6-16(7-5-15)25(33)34-3/h8-9,11-12,14-16H,4-7,10,13H2,1-3H3. The Morgan fingerprint density at radius 2 is 1.82 bits per heavy atom. The number of hydrogen-bond donors (Lipinski definition) is 0. The van der Waals surface area contributed by atoms with Gasteiger partial charge in [-0.05, 0) is 78.8 Å². The van der Waals surface area contributed by atoms with E-state index in [0.29, 0.717) is 22.2 Å². The number of fused-ring (bicyclic) bond motifs is 1. The smallest absolute Gasteiger partial charge is 0.412 e. The number of benzene rings is 1. The third-order valence-electron chi connectivity index (χ3n) is 7.42. The zero-order valence-electron chi connectivity index (χ0n) is 19.4. The molecule has 1 heterocycles. The number of alkyl halides is 3. The van der Waals surface area contributed by atoms with E-state index in [1.807, 2.05) is 29.7 Å². The SMILES string of the molecule is COC(=O)C1CCC(c2ccc(Cl)c(Cc3cc4c(n3C)C=C(C(F)(F)F)CC4C)c2Cl)CC1. The minimum atomic E-state index is -4.33. The van der Waals surface area contributed by atoms with Crippen LogP contribution < -0.4 is 0 Å². The minimum Gasteiger partial charge on any atom is -0.469 e. The summed E-state index contributed by atoms with van der Waals surface area (Å²) in [4.78, 5) is 11.9. The highest BCUT2D eigenvalue weighted by Crippen LogP contribution is 2.44. The van der Waals surface area contributed by atoms with Crippen LogP contribution in [0.4, 0.5) is 13.2 Å². The summed E-state index contributed by atoms with van der Waals surface area (Å²) >= 11 is 13.4. The number of allylic oxidation sites excluding steroid dienone is 1. The average Bonchev–Trinajstić information content (AvgIpc) is 3.12. The summed E-state index contributed by atoms with van der Waals surface area (Å²) in [5, 5.41) is 1.14. The van der Waals surface area contributed by atoms with Gasteiger partial charge in [-0.15, -0.1) is 0 Å². The molecule has 184 valence electrons. The Bertz CT molecular complexity index is 1130. The molecular formula is C26H28Cl2F3NO2. The number of rotatable bonds is 4. The first-order valence-corrected chi connectivity index (χ1v) is 12.3. The van der Waals surface area contributed by atoms with E-state index in [2.05, 4.69) is 0 Å².